The van der Waals surface area contributed by atoms with E-state index >= 15 is 0 Å². The van der Waals surface area contributed by atoms with Crippen molar-refractivity contribution in [1.29, 1.82) is 0 Å². The van der Waals surface area contributed by atoms with Crippen molar-refractivity contribution in [1.82, 2.24) is 0 Å². The molecule has 0 saturated heterocycles. The van der Waals surface area contributed by atoms with Gasteiger partial charge >= 0.3 is 0 Å². The molecule has 1 aromatic rings. The highest BCUT2D eigenvalue weighted by atomic mass is 127. The first-order valence-electron chi connectivity index (χ1n) is 3.07. The maximum absolute atomic E-state index is 10.8. The summed E-state index contributed by atoms with van der Waals surface area (Å²) < 4.78 is 1.03. The molecule has 3 heteroatoms. The Bertz CT molecular complexity index is 296. The number of rotatable bonds is 1. The molecule has 0 aromatic heterocycles. The first-order valence-corrected chi connectivity index (χ1v) is 4.53. The van der Waals surface area contributed by atoms with E-state index < -0.39 is 0 Å². The number of carbonyl (C=O) groups excluding carboxylic acids is 1. The first kappa shape index (κ1) is 9.00. The molecule has 0 fully saturated rings. The monoisotopic (exact) mass is 280 g/mol. The molecule has 1 nitrogen and oxygen atoms in total. The molecule has 0 radical (unpaired) electrons. The minimum atomic E-state index is -0.388. The smallest absolute Gasteiger partial charge is 0.252 e. The Hall–Kier alpha value is -0.0900. The average molecular weight is 280 g/mol. The summed E-state index contributed by atoms with van der Waals surface area (Å²) in [6, 6.07) is 5.61. The fraction of sp³-hybridized carbons (Fsp3) is 0.125. The minimum Gasteiger partial charge on any atom is -0.276 e. The van der Waals surface area contributed by atoms with E-state index in [0.29, 0.717) is 5.56 Å². The molecule has 0 atom stereocenters. The molecule has 11 heavy (non-hydrogen) atoms. The van der Waals surface area contributed by atoms with E-state index in [9.17, 15) is 4.79 Å². The van der Waals surface area contributed by atoms with E-state index in [1.54, 1.807) is 6.07 Å². The zero-order valence-corrected chi connectivity index (χ0v) is 8.81. The first-order chi connectivity index (χ1) is 5.11. The second kappa shape index (κ2) is 3.54. The van der Waals surface area contributed by atoms with Crippen LogP contribution in [0.1, 0.15) is 15.9 Å². The van der Waals surface area contributed by atoms with Gasteiger partial charge in [0.1, 0.15) is 0 Å². The lowest BCUT2D eigenvalue weighted by atomic mass is 10.1. The van der Waals surface area contributed by atoms with E-state index in [1.807, 2.05) is 19.1 Å². The number of hydrogen-bond acceptors (Lipinski definition) is 1. The van der Waals surface area contributed by atoms with Crippen LogP contribution in [0.15, 0.2) is 18.2 Å². The molecule has 0 unspecified atom stereocenters. The Morgan fingerprint density at radius 2 is 2.18 bits per heavy atom. The van der Waals surface area contributed by atoms with Crippen LogP contribution in [0.25, 0.3) is 0 Å². The molecule has 0 amide bonds. The highest BCUT2D eigenvalue weighted by Crippen LogP contribution is 2.14. The Labute approximate surface area is 83.9 Å². The summed E-state index contributed by atoms with van der Waals surface area (Å²) in [5, 5.41) is -0.388. The van der Waals surface area contributed by atoms with Gasteiger partial charge in [-0.3, -0.25) is 4.79 Å². The maximum atomic E-state index is 10.8. The Morgan fingerprint density at radius 3 is 2.64 bits per heavy atom. The van der Waals surface area contributed by atoms with Gasteiger partial charge in [0.05, 0.1) is 0 Å². The molecule has 0 spiro atoms. The maximum Gasteiger partial charge on any atom is 0.252 e. The molecule has 0 bridgehead atoms. The summed E-state index contributed by atoms with van der Waals surface area (Å²) in [7, 11) is 0. The van der Waals surface area contributed by atoms with E-state index in [0.717, 1.165) is 9.13 Å². The van der Waals surface area contributed by atoms with Gasteiger partial charge in [-0.1, -0.05) is 6.07 Å². The molecule has 58 valence electrons. The van der Waals surface area contributed by atoms with Gasteiger partial charge in [0.25, 0.3) is 5.24 Å². The van der Waals surface area contributed by atoms with Gasteiger partial charge in [-0.2, -0.15) is 0 Å². The molecular weight excluding hydrogens is 274 g/mol. The Morgan fingerprint density at radius 1 is 1.55 bits per heavy atom. The van der Waals surface area contributed by atoms with E-state index in [-0.39, 0.29) is 5.24 Å². The molecule has 0 aliphatic rings. The van der Waals surface area contributed by atoms with Gasteiger partial charge in [0.2, 0.25) is 0 Å². The number of aryl methyl sites for hydroxylation is 1. The third-order valence-corrected chi connectivity index (χ3v) is 2.29. The van der Waals surface area contributed by atoms with Crippen LogP contribution in [0, 0.1) is 10.5 Å². The van der Waals surface area contributed by atoms with Crippen LogP contribution in [0.5, 0.6) is 0 Å². The number of halogens is 2. The van der Waals surface area contributed by atoms with Crippen LogP contribution < -0.4 is 0 Å². The molecule has 0 aliphatic carbocycles. The highest BCUT2D eigenvalue weighted by Gasteiger charge is 2.04. The standard InChI is InChI=1S/C8H6ClIO/c1-5-2-3-6(10)4-7(5)8(9)11/h2-4H,1H3. The van der Waals surface area contributed by atoms with Crippen LogP contribution >= 0.6 is 34.2 Å². The lowest BCUT2D eigenvalue weighted by molar-refractivity contribution is 0.108. The average Bonchev–Trinajstić information content (AvgIpc) is 1.94. The molecule has 0 aliphatic heterocycles. The number of hydrogen-bond donors (Lipinski definition) is 0. The third-order valence-electron chi connectivity index (χ3n) is 1.41. The van der Waals surface area contributed by atoms with Crippen molar-refractivity contribution >= 4 is 39.4 Å². The van der Waals surface area contributed by atoms with Crippen molar-refractivity contribution in [2.24, 2.45) is 0 Å². The predicted molar refractivity (Wildman–Crippen MR) is 54.1 cm³/mol. The highest BCUT2D eigenvalue weighted by molar-refractivity contribution is 14.1. The fourth-order valence-electron chi connectivity index (χ4n) is 0.806. The van der Waals surface area contributed by atoms with Crippen LogP contribution in [0.3, 0.4) is 0 Å². The van der Waals surface area contributed by atoms with Gasteiger partial charge in [0, 0.05) is 9.13 Å². The Kier molecular flexibility index (Phi) is 2.90. The molecule has 0 heterocycles. The lowest BCUT2D eigenvalue weighted by Crippen LogP contribution is -1.93. The van der Waals surface area contributed by atoms with Crippen molar-refractivity contribution in [2.75, 3.05) is 0 Å². The number of benzene rings is 1. The van der Waals surface area contributed by atoms with Gasteiger partial charge in [-0.15, -0.1) is 0 Å². The van der Waals surface area contributed by atoms with Crippen LogP contribution in [0.2, 0.25) is 0 Å². The summed E-state index contributed by atoms with van der Waals surface area (Å²) in [6.07, 6.45) is 0. The van der Waals surface area contributed by atoms with Gasteiger partial charge in [0.15, 0.2) is 0 Å². The van der Waals surface area contributed by atoms with E-state index in [4.69, 9.17) is 11.6 Å². The normalized spacial score (nSPS) is 9.73. The minimum absolute atomic E-state index is 0.388. The van der Waals surface area contributed by atoms with Crippen molar-refractivity contribution in [2.45, 2.75) is 6.92 Å². The van der Waals surface area contributed by atoms with Crippen molar-refractivity contribution in [3.05, 3.63) is 32.9 Å². The van der Waals surface area contributed by atoms with Gasteiger partial charge < -0.3 is 0 Å². The zero-order valence-electron chi connectivity index (χ0n) is 5.90. The SMILES string of the molecule is Cc1ccc(I)cc1C(=O)Cl. The van der Waals surface area contributed by atoms with Crippen molar-refractivity contribution < 1.29 is 4.79 Å². The van der Waals surface area contributed by atoms with Gasteiger partial charge in [-0.25, -0.2) is 0 Å². The van der Waals surface area contributed by atoms with Crippen LogP contribution in [-0.2, 0) is 0 Å². The second-order valence-electron chi connectivity index (χ2n) is 2.23. The number of carbonyl (C=O) groups is 1. The third kappa shape index (κ3) is 2.17. The Balaban J connectivity index is 3.23. The van der Waals surface area contributed by atoms with Gasteiger partial charge in [-0.05, 0) is 58.8 Å². The molecule has 1 rings (SSSR count). The fourth-order valence-corrected chi connectivity index (χ4v) is 1.50. The summed E-state index contributed by atoms with van der Waals surface area (Å²) in [5.74, 6) is 0. The molecule has 0 saturated carbocycles. The molecule has 1 aromatic carbocycles. The molecule has 0 N–H and O–H groups in total. The summed E-state index contributed by atoms with van der Waals surface area (Å²) >= 11 is 7.48. The predicted octanol–water partition coefficient (Wildman–Crippen LogP) is 2.98. The zero-order chi connectivity index (χ0) is 8.43. The quantitative estimate of drug-likeness (QED) is 0.571. The topological polar surface area (TPSA) is 17.1 Å². The van der Waals surface area contributed by atoms with Crippen LogP contribution in [-0.4, -0.2) is 5.24 Å². The second-order valence-corrected chi connectivity index (χ2v) is 3.82. The molecular formula is C8H6ClIO. The summed E-state index contributed by atoms with van der Waals surface area (Å²) in [6.45, 7) is 1.87. The summed E-state index contributed by atoms with van der Waals surface area (Å²) in [4.78, 5) is 10.8. The van der Waals surface area contributed by atoms with E-state index in [1.165, 1.54) is 0 Å². The van der Waals surface area contributed by atoms with Crippen LogP contribution in [0.4, 0.5) is 0 Å². The van der Waals surface area contributed by atoms with Crippen molar-refractivity contribution in [3.63, 3.8) is 0 Å². The largest absolute Gasteiger partial charge is 0.276 e. The summed E-state index contributed by atoms with van der Waals surface area (Å²) in [5.41, 5.74) is 1.52. The van der Waals surface area contributed by atoms with Crippen molar-refractivity contribution in [3.8, 4) is 0 Å². The lowest BCUT2D eigenvalue weighted by Gasteiger charge is -1.99. The van der Waals surface area contributed by atoms with E-state index in [2.05, 4.69) is 22.6 Å².